The Bertz CT molecular complexity index is 570. The third-order valence-electron chi connectivity index (χ3n) is 2.66. The molecule has 0 amide bonds. The minimum absolute atomic E-state index is 0.0393. The summed E-state index contributed by atoms with van der Waals surface area (Å²) in [6, 6.07) is 2.69. The lowest BCUT2D eigenvalue weighted by Crippen LogP contribution is -2.51. The average Bonchev–Trinajstić information content (AvgIpc) is 2.33. The average molecular weight is 309 g/mol. The maximum absolute atomic E-state index is 12.2. The summed E-state index contributed by atoms with van der Waals surface area (Å²) in [7, 11) is -3.92. The molecule has 1 rings (SSSR count). The number of aryl methyl sites for hydroxylation is 1. The van der Waals surface area contributed by atoms with E-state index in [0.29, 0.717) is 5.56 Å². The number of nitrogens with two attached hydrogens (primary N) is 1. The van der Waals surface area contributed by atoms with Gasteiger partial charge in [-0.1, -0.05) is 11.6 Å². The first-order chi connectivity index (χ1) is 8.65. The number of benzene rings is 1. The molecule has 108 valence electrons. The monoisotopic (exact) mass is 308 g/mol. The molecule has 0 aliphatic rings. The highest BCUT2D eigenvalue weighted by Crippen LogP contribution is 2.26. The fraction of sp³-hybridized carbons (Fsp3) is 0.455. The smallest absolute Gasteiger partial charge is 0.241 e. The van der Waals surface area contributed by atoms with Gasteiger partial charge in [0.1, 0.15) is 0 Å². The number of rotatable bonds is 5. The zero-order chi connectivity index (χ0) is 14.8. The van der Waals surface area contributed by atoms with Gasteiger partial charge in [-0.25, -0.2) is 13.1 Å². The predicted molar refractivity (Wildman–Crippen MR) is 73.5 cm³/mol. The molecule has 0 aromatic heterocycles. The van der Waals surface area contributed by atoms with Crippen LogP contribution in [0.2, 0.25) is 5.02 Å². The molecular formula is C11H17ClN2O4S. The SMILES string of the molecule is Cc1cc(Cl)c(N)cc1S(=O)(=O)NC(C)(CO)CO. The van der Waals surface area contributed by atoms with Crippen molar-refractivity contribution in [1.82, 2.24) is 4.72 Å². The van der Waals surface area contributed by atoms with Crippen LogP contribution in [0.5, 0.6) is 0 Å². The fourth-order valence-corrected chi connectivity index (χ4v) is 3.32. The van der Waals surface area contributed by atoms with E-state index in [4.69, 9.17) is 27.5 Å². The van der Waals surface area contributed by atoms with Crippen molar-refractivity contribution < 1.29 is 18.6 Å². The summed E-state index contributed by atoms with van der Waals surface area (Å²) >= 11 is 5.80. The maximum atomic E-state index is 12.2. The first kappa shape index (κ1) is 16.2. The Labute approximate surface area is 117 Å². The van der Waals surface area contributed by atoms with Crippen molar-refractivity contribution in [2.45, 2.75) is 24.3 Å². The van der Waals surface area contributed by atoms with Gasteiger partial charge in [-0.3, -0.25) is 0 Å². The molecule has 0 radical (unpaired) electrons. The van der Waals surface area contributed by atoms with Crippen LogP contribution < -0.4 is 10.5 Å². The van der Waals surface area contributed by atoms with Gasteiger partial charge >= 0.3 is 0 Å². The Balaban J connectivity index is 3.25. The number of nitrogens with one attached hydrogen (secondary N) is 1. The molecular weight excluding hydrogens is 292 g/mol. The van der Waals surface area contributed by atoms with Crippen LogP contribution in [0, 0.1) is 6.92 Å². The quantitative estimate of drug-likeness (QED) is 0.583. The molecule has 0 atom stereocenters. The number of halogens is 1. The highest BCUT2D eigenvalue weighted by atomic mass is 35.5. The summed E-state index contributed by atoms with van der Waals surface area (Å²) in [5.74, 6) is 0. The van der Waals surface area contributed by atoms with Crippen molar-refractivity contribution in [1.29, 1.82) is 0 Å². The number of anilines is 1. The van der Waals surface area contributed by atoms with Crippen LogP contribution in [0.15, 0.2) is 17.0 Å². The van der Waals surface area contributed by atoms with Gasteiger partial charge in [0.25, 0.3) is 0 Å². The van der Waals surface area contributed by atoms with Gasteiger partial charge in [-0.05, 0) is 31.5 Å². The molecule has 0 aliphatic heterocycles. The van der Waals surface area contributed by atoms with Crippen LogP contribution in [0.3, 0.4) is 0 Å². The van der Waals surface area contributed by atoms with Crippen molar-refractivity contribution in [3.63, 3.8) is 0 Å². The molecule has 0 saturated carbocycles. The molecule has 19 heavy (non-hydrogen) atoms. The molecule has 8 heteroatoms. The third kappa shape index (κ3) is 3.58. The number of aliphatic hydroxyl groups is 2. The normalized spacial score (nSPS) is 12.7. The van der Waals surface area contributed by atoms with Crippen molar-refractivity contribution >= 4 is 27.3 Å². The lowest BCUT2D eigenvalue weighted by atomic mass is 10.1. The second kappa shape index (κ2) is 5.64. The van der Waals surface area contributed by atoms with E-state index in [1.807, 2.05) is 0 Å². The van der Waals surface area contributed by atoms with E-state index < -0.39 is 28.8 Å². The van der Waals surface area contributed by atoms with Gasteiger partial charge in [0.15, 0.2) is 0 Å². The molecule has 0 fully saturated rings. The van der Waals surface area contributed by atoms with Gasteiger partial charge < -0.3 is 15.9 Å². The van der Waals surface area contributed by atoms with Gasteiger partial charge in [0.2, 0.25) is 10.0 Å². The molecule has 0 saturated heterocycles. The van der Waals surface area contributed by atoms with Gasteiger partial charge in [0.05, 0.1) is 34.4 Å². The van der Waals surface area contributed by atoms with Crippen LogP contribution in [0.1, 0.15) is 12.5 Å². The Morgan fingerprint density at radius 1 is 1.37 bits per heavy atom. The van der Waals surface area contributed by atoms with Crippen LogP contribution in [0.25, 0.3) is 0 Å². The molecule has 0 aliphatic carbocycles. The van der Waals surface area contributed by atoms with E-state index >= 15 is 0 Å². The summed E-state index contributed by atoms with van der Waals surface area (Å²) in [5.41, 5.74) is 4.81. The topological polar surface area (TPSA) is 113 Å². The Morgan fingerprint density at radius 3 is 2.37 bits per heavy atom. The van der Waals surface area contributed by atoms with Crippen molar-refractivity contribution in [3.05, 3.63) is 22.7 Å². The maximum Gasteiger partial charge on any atom is 0.241 e. The number of hydrogen-bond acceptors (Lipinski definition) is 5. The first-order valence-electron chi connectivity index (χ1n) is 5.46. The molecule has 0 bridgehead atoms. The minimum atomic E-state index is -3.92. The van der Waals surface area contributed by atoms with E-state index in [-0.39, 0.29) is 15.6 Å². The lowest BCUT2D eigenvalue weighted by molar-refractivity contribution is 0.121. The highest BCUT2D eigenvalue weighted by molar-refractivity contribution is 7.89. The Hall–Kier alpha value is -0.860. The molecule has 0 unspecified atom stereocenters. The second-order valence-electron chi connectivity index (χ2n) is 4.62. The number of sulfonamides is 1. The Morgan fingerprint density at radius 2 is 1.89 bits per heavy atom. The first-order valence-corrected chi connectivity index (χ1v) is 7.32. The predicted octanol–water partition coefficient (Wildman–Crippen LogP) is 0.252. The molecule has 1 aromatic rings. The van der Waals surface area contributed by atoms with Crippen molar-refractivity contribution in [2.75, 3.05) is 18.9 Å². The highest BCUT2D eigenvalue weighted by Gasteiger charge is 2.30. The standard InChI is InChI=1S/C11H17ClN2O4S/c1-7-3-8(12)9(13)4-10(7)19(17,18)14-11(2,5-15)6-16/h3-4,14-16H,5-6,13H2,1-2H3. The minimum Gasteiger partial charge on any atom is -0.397 e. The summed E-state index contributed by atoms with van der Waals surface area (Å²) in [4.78, 5) is -0.0393. The van der Waals surface area contributed by atoms with Crippen LogP contribution >= 0.6 is 11.6 Å². The van der Waals surface area contributed by atoms with E-state index in [2.05, 4.69) is 4.72 Å². The van der Waals surface area contributed by atoms with Crippen LogP contribution in [-0.2, 0) is 10.0 Å². The summed E-state index contributed by atoms with van der Waals surface area (Å²) < 4.78 is 26.7. The second-order valence-corrected chi connectivity index (χ2v) is 6.68. The lowest BCUT2D eigenvalue weighted by Gasteiger charge is -2.26. The van der Waals surface area contributed by atoms with Crippen molar-refractivity contribution in [3.8, 4) is 0 Å². The van der Waals surface area contributed by atoms with Crippen LogP contribution in [-0.4, -0.2) is 37.4 Å². The van der Waals surface area contributed by atoms with E-state index in [1.165, 1.54) is 19.1 Å². The largest absolute Gasteiger partial charge is 0.397 e. The Kier molecular flexibility index (Phi) is 4.81. The summed E-state index contributed by atoms with van der Waals surface area (Å²) in [6.07, 6.45) is 0. The number of aliphatic hydroxyl groups excluding tert-OH is 2. The molecule has 1 aromatic carbocycles. The molecule has 5 N–H and O–H groups in total. The van der Waals surface area contributed by atoms with Crippen LogP contribution in [0.4, 0.5) is 5.69 Å². The fourth-order valence-electron chi connectivity index (χ4n) is 1.45. The van der Waals surface area contributed by atoms with E-state index in [1.54, 1.807) is 6.92 Å². The van der Waals surface area contributed by atoms with Gasteiger partial charge in [-0.15, -0.1) is 0 Å². The number of hydrogen-bond donors (Lipinski definition) is 4. The van der Waals surface area contributed by atoms with Crippen molar-refractivity contribution in [2.24, 2.45) is 0 Å². The molecule has 0 spiro atoms. The molecule has 6 nitrogen and oxygen atoms in total. The van der Waals surface area contributed by atoms with E-state index in [9.17, 15) is 8.42 Å². The van der Waals surface area contributed by atoms with Gasteiger partial charge in [0, 0.05) is 0 Å². The summed E-state index contributed by atoms with van der Waals surface area (Å²) in [6.45, 7) is 1.89. The summed E-state index contributed by atoms with van der Waals surface area (Å²) in [5, 5.41) is 18.5. The van der Waals surface area contributed by atoms with E-state index in [0.717, 1.165) is 0 Å². The molecule has 0 heterocycles. The zero-order valence-electron chi connectivity index (χ0n) is 10.6. The number of nitrogen functional groups attached to an aromatic ring is 1. The van der Waals surface area contributed by atoms with Gasteiger partial charge in [-0.2, -0.15) is 0 Å². The third-order valence-corrected chi connectivity index (χ3v) is 4.77. The zero-order valence-corrected chi connectivity index (χ0v) is 12.2.